The number of amides is 1. The van der Waals surface area contributed by atoms with E-state index in [1.165, 1.54) is 7.11 Å². The number of allylic oxidation sites excluding steroid dienone is 1. The third-order valence-electron chi connectivity index (χ3n) is 7.04. The van der Waals surface area contributed by atoms with Crippen molar-refractivity contribution >= 4 is 17.6 Å². The molecule has 0 aromatic heterocycles. The van der Waals surface area contributed by atoms with Gasteiger partial charge >= 0.3 is 18.2 Å². The van der Waals surface area contributed by atoms with E-state index < -0.39 is 35.9 Å². The zero-order valence-electron chi connectivity index (χ0n) is 21.3. The number of methoxy groups -OCH3 is 2. The van der Waals surface area contributed by atoms with E-state index in [1.54, 1.807) is 50.1 Å². The lowest BCUT2D eigenvalue weighted by Crippen LogP contribution is -2.34. The van der Waals surface area contributed by atoms with Gasteiger partial charge in [-0.1, -0.05) is 11.6 Å². The average Bonchev–Trinajstić information content (AvgIpc) is 3.15. The van der Waals surface area contributed by atoms with Gasteiger partial charge < -0.3 is 14.2 Å². The molecule has 9 heteroatoms. The molecular formula is C28H30F3NO5. The number of hydrogen-bond acceptors (Lipinski definition) is 5. The van der Waals surface area contributed by atoms with E-state index in [-0.39, 0.29) is 6.54 Å². The maximum absolute atomic E-state index is 13.4. The predicted molar refractivity (Wildman–Crippen MR) is 131 cm³/mol. The van der Waals surface area contributed by atoms with E-state index in [1.807, 2.05) is 0 Å². The Labute approximate surface area is 214 Å². The monoisotopic (exact) mass is 517 g/mol. The van der Waals surface area contributed by atoms with Gasteiger partial charge in [-0.25, -0.2) is 9.59 Å². The van der Waals surface area contributed by atoms with Crippen LogP contribution in [0, 0.1) is 6.92 Å². The fourth-order valence-electron chi connectivity index (χ4n) is 5.16. The summed E-state index contributed by atoms with van der Waals surface area (Å²) >= 11 is 0. The predicted octanol–water partition coefficient (Wildman–Crippen LogP) is 6.72. The molecule has 2 aromatic carbocycles. The normalized spacial score (nSPS) is 20.2. The lowest BCUT2D eigenvalue weighted by molar-refractivity contribution is -0.137. The van der Waals surface area contributed by atoms with Crippen molar-refractivity contribution in [3.8, 4) is 5.75 Å². The summed E-state index contributed by atoms with van der Waals surface area (Å²) in [6, 6.07) is 8.39. The summed E-state index contributed by atoms with van der Waals surface area (Å²) in [4.78, 5) is 26.7. The Balaban J connectivity index is 1.67. The Hall–Kier alpha value is -3.49. The van der Waals surface area contributed by atoms with Gasteiger partial charge in [0.2, 0.25) is 0 Å². The number of carbonyl (C=O) groups is 2. The second-order valence-corrected chi connectivity index (χ2v) is 9.50. The first kappa shape index (κ1) is 26.6. The number of ether oxygens (including phenoxy) is 3. The number of carbonyl (C=O) groups excluding carboxylic acids is 2. The molecule has 0 radical (unpaired) electrons. The van der Waals surface area contributed by atoms with Crippen molar-refractivity contribution in [2.24, 2.45) is 0 Å². The van der Waals surface area contributed by atoms with E-state index >= 15 is 0 Å². The minimum atomic E-state index is -4.49. The van der Waals surface area contributed by atoms with Crippen molar-refractivity contribution in [2.45, 2.75) is 57.9 Å². The molecule has 2 aliphatic rings. The van der Waals surface area contributed by atoms with E-state index in [2.05, 4.69) is 0 Å². The van der Waals surface area contributed by atoms with Gasteiger partial charge in [0, 0.05) is 12.1 Å². The zero-order valence-corrected chi connectivity index (χ0v) is 21.3. The molecule has 198 valence electrons. The highest BCUT2D eigenvalue weighted by Crippen LogP contribution is 2.41. The third kappa shape index (κ3) is 5.45. The molecule has 0 saturated carbocycles. The number of esters is 1. The van der Waals surface area contributed by atoms with Crippen LogP contribution in [0.25, 0.3) is 5.57 Å². The van der Waals surface area contributed by atoms with Crippen LogP contribution in [0.3, 0.4) is 0 Å². The van der Waals surface area contributed by atoms with Crippen molar-refractivity contribution in [2.75, 3.05) is 20.8 Å². The molecule has 1 fully saturated rings. The number of halogens is 3. The van der Waals surface area contributed by atoms with Crippen LogP contribution in [0.5, 0.6) is 5.75 Å². The first-order valence-corrected chi connectivity index (χ1v) is 12.2. The molecule has 1 aliphatic heterocycles. The van der Waals surface area contributed by atoms with Crippen LogP contribution in [0.1, 0.15) is 71.3 Å². The molecule has 1 heterocycles. The first-order valence-electron chi connectivity index (χ1n) is 12.2. The minimum Gasteiger partial charge on any atom is -0.496 e. The highest BCUT2D eigenvalue weighted by atomic mass is 19.4. The lowest BCUT2D eigenvalue weighted by Gasteiger charge is -2.27. The number of nitrogens with zero attached hydrogens (tertiary/aromatic N) is 1. The number of rotatable bonds is 6. The molecule has 0 bridgehead atoms. The van der Waals surface area contributed by atoms with Crippen molar-refractivity contribution in [1.29, 1.82) is 0 Å². The smallest absolute Gasteiger partial charge is 0.416 e. The van der Waals surface area contributed by atoms with Crippen molar-refractivity contribution in [1.82, 2.24) is 4.90 Å². The van der Waals surface area contributed by atoms with E-state index in [0.29, 0.717) is 22.4 Å². The largest absolute Gasteiger partial charge is 0.496 e. The fraction of sp³-hybridized carbons (Fsp3) is 0.429. The van der Waals surface area contributed by atoms with Gasteiger partial charge in [-0.2, -0.15) is 13.2 Å². The molecule has 1 saturated heterocycles. The molecular weight excluding hydrogens is 487 g/mol. The summed E-state index contributed by atoms with van der Waals surface area (Å²) in [5, 5.41) is 0. The van der Waals surface area contributed by atoms with Gasteiger partial charge in [0.25, 0.3) is 0 Å². The van der Waals surface area contributed by atoms with Gasteiger partial charge in [-0.05, 0) is 86.6 Å². The van der Waals surface area contributed by atoms with Crippen LogP contribution in [-0.4, -0.2) is 43.8 Å². The molecule has 2 atom stereocenters. The molecule has 2 aromatic rings. The summed E-state index contributed by atoms with van der Waals surface area (Å²) in [7, 11) is 2.88. The summed E-state index contributed by atoms with van der Waals surface area (Å²) < 4.78 is 56.2. The molecule has 0 spiro atoms. The maximum atomic E-state index is 13.4. The average molecular weight is 518 g/mol. The van der Waals surface area contributed by atoms with E-state index in [9.17, 15) is 22.8 Å². The molecule has 6 nitrogen and oxygen atoms in total. The van der Waals surface area contributed by atoms with Crippen LogP contribution >= 0.6 is 0 Å². The van der Waals surface area contributed by atoms with Crippen LogP contribution in [-0.2, 0) is 15.7 Å². The SMILES string of the molecule is COC(=O)c1ccc(OC)c(C2=C(CN3C(=O)O[C@H](c4cc(C)cc(C(F)(F)F)c4)[C@@H]3C)CCCC2)c1. The number of aryl methyl sites for hydroxylation is 1. The standard InChI is InChI=1S/C28H30F3NO5/c1-16-11-20(13-21(12-16)28(29,30)31)25-17(2)32(27(34)37-25)15-19-7-5-6-8-22(19)23-14-18(26(33)36-4)9-10-24(23)35-3/h9-14,17,25H,5-8,15H2,1-4H3/t17-,25-/m0/s1. The quantitative estimate of drug-likeness (QED) is 0.398. The van der Waals surface area contributed by atoms with Gasteiger partial charge in [-0.3, -0.25) is 4.90 Å². The van der Waals surface area contributed by atoms with Gasteiger partial charge in [0.15, 0.2) is 0 Å². The Kier molecular flexibility index (Phi) is 7.52. The molecule has 1 aliphatic carbocycles. The second kappa shape index (κ2) is 10.5. The van der Waals surface area contributed by atoms with E-state index in [4.69, 9.17) is 14.2 Å². The van der Waals surface area contributed by atoms with Crippen molar-refractivity contribution in [3.05, 3.63) is 69.8 Å². The number of alkyl halides is 3. The summed E-state index contributed by atoms with van der Waals surface area (Å²) in [5.74, 6) is 0.147. The Morgan fingerprint density at radius 2 is 1.84 bits per heavy atom. The van der Waals surface area contributed by atoms with Crippen LogP contribution < -0.4 is 4.74 Å². The summed E-state index contributed by atoms with van der Waals surface area (Å²) in [6.07, 6.45) is -2.53. The molecule has 0 N–H and O–H groups in total. The van der Waals surface area contributed by atoms with Crippen molar-refractivity contribution in [3.63, 3.8) is 0 Å². The highest BCUT2D eigenvalue weighted by molar-refractivity contribution is 5.91. The number of hydrogen-bond donors (Lipinski definition) is 0. The second-order valence-electron chi connectivity index (χ2n) is 9.50. The number of cyclic esters (lactones) is 1. The van der Waals surface area contributed by atoms with E-state index in [0.717, 1.165) is 54.5 Å². The summed E-state index contributed by atoms with van der Waals surface area (Å²) in [5.41, 5.74) is 3.17. The topological polar surface area (TPSA) is 65.1 Å². The highest BCUT2D eigenvalue weighted by Gasteiger charge is 2.41. The Morgan fingerprint density at radius 3 is 2.51 bits per heavy atom. The maximum Gasteiger partial charge on any atom is 0.416 e. The zero-order chi connectivity index (χ0) is 26.9. The van der Waals surface area contributed by atoms with Crippen LogP contribution in [0.15, 0.2) is 42.0 Å². The molecule has 0 unspecified atom stereocenters. The molecule has 4 rings (SSSR count). The lowest BCUT2D eigenvalue weighted by atomic mass is 9.85. The van der Waals surface area contributed by atoms with Crippen LogP contribution in [0.2, 0.25) is 0 Å². The Morgan fingerprint density at radius 1 is 1.11 bits per heavy atom. The van der Waals surface area contributed by atoms with Crippen molar-refractivity contribution < 1.29 is 37.0 Å². The fourth-order valence-corrected chi connectivity index (χ4v) is 5.16. The van der Waals surface area contributed by atoms with Gasteiger partial charge in [0.1, 0.15) is 11.9 Å². The number of benzene rings is 2. The van der Waals surface area contributed by atoms with Gasteiger partial charge in [-0.15, -0.1) is 0 Å². The van der Waals surface area contributed by atoms with Gasteiger partial charge in [0.05, 0.1) is 31.4 Å². The molecule has 37 heavy (non-hydrogen) atoms. The molecule has 1 amide bonds. The van der Waals surface area contributed by atoms with Crippen LogP contribution in [0.4, 0.5) is 18.0 Å². The first-order chi connectivity index (χ1) is 17.5. The third-order valence-corrected chi connectivity index (χ3v) is 7.04. The Bertz CT molecular complexity index is 1240. The summed E-state index contributed by atoms with van der Waals surface area (Å²) in [6.45, 7) is 3.65. The minimum absolute atomic E-state index is 0.273.